The number of azide groups is 1. The highest BCUT2D eigenvalue weighted by atomic mass is 16.5. The molecule has 0 bridgehead atoms. The summed E-state index contributed by atoms with van der Waals surface area (Å²) in [5.41, 5.74) is 8.12. The Labute approximate surface area is 132 Å². The van der Waals surface area contributed by atoms with Gasteiger partial charge in [-0.3, -0.25) is 14.3 Å². The summed E-state index contributed by atoms with van der Waals surface area (Å²) in [6, 6.07) is -0.544. The van der Waals surface area contributed by atoms with Gasteiger partial charge in [-0.2, -0.15) is 0 Å². The smallest absolute Gasteiger partial charge is 0.330 e. The molecule has 0 aromatic carbocycles. The summed E-state index contributed by atoms with van der Waals surface area (Å²) < 4.78 is 6.89. The van der Waals surface area contributed by atoms with Crippen molar-refractivity contribution in [2.24, 2.45) is 5.11 Å². The van der Waals surface area contributed by atoms with Gasteiger partial charge in [0.15, 0.2) is 0 Å². The van der Waals surface area contributed by atoms with E-state index in [2.05, 4.69) is 21.9 Å². The summed E-state index contributed by atoms with van der Waals surface area (Å²) in [5.74, 6) is 0. The van der Waals surface area contributed by atoms with Crippen molar-refractivity contribution in [3.8, 4) is 0 Å². The van der Waals surface area contributed by atoms with Crippen LogP contribution in [-0.4, -0.2) is 33.4 Å². The van der Waals surface area contributed by atoms with Crippen molar-refractivity contribution in [2.75, 3.05) is 6.61 Å². The molecule has 0 amide bonds. The summed E-state index contributed by atoms with van der Waals surface area (Å²) in [4.78, 5) is 28.9. The van der Waals surface area contributed by atoms with E-state index in [0.29, 0.717) is 12.0 Å². The van der Waals surface area contributed by atoms with Crippen LogP contribution in [-0.2, 0) is 11.2 Å². The largest absolute Gasteiger partial charge is 0.394 e. The van der Waals surface area contributed by atoms with E-state index in [9.17, 15) is 14.7 Å². The highest BCUT2D eigenvalue weighted by molar-refractivity contribution is 5.05. The van der Waals surface area contributed by atoms with Crippen molar-refractivity contribution in [3.63, 3.8) is 0 Å². The van der Waals surface area contributed by atoms with E-state index in [1.54, 1.807) is 0 Å². The summed E-state index contributed by atoms with van der Waals surface area (Å²) in [7, 11) is 0. The maximum absolute atomic E-state index is 12.0. The molecule has 0 saturated carbocycles. The van der Waals surface area contributed by atoms with Crippen molar-refractivity contribution in [1.82, 2.24) is 9.55 Å². The van der Waals surface area contributed by atoms with Crippen molar-refractivity contribution in [3.05, 3.63) is 43.0 Å². The molecule has 9 nitrogen and oxygen atoms in total. The van der Waals surface area contributed by atoms with Crippen molar-refractivity contribution < 1.29 is 9.84 Å². The van der Waals surface area contributed by atoms with Crippen LogP contribution in [0.5, 0.6) is 0 Å². The lowest BCUT2D eigenvalue weighted by Crippen LogP contribution is -2.34. The number of aromatic amines is 1. The Hall–Kier alpha value is -2.09. The number of unbranched alkanes of at least 4 members (excludes halogenated alkanes) is 2. The van der Waals surface area contributed by atoms with E-state index in [1.807, 2.05) is 0 Å². The zero-order valence-electron chi connectivity index (χ0n) is 13.0. The van der Waals surface area contributed by atoms with E-state index in [4.69, 9.17) is 10.3 Å². The molecule has 2 heterocycles. The molecule has 2 rings (SSSR count). The van der Waals surface area contributed by atoms with Crippen LogP contribution in [0.25, 0.3) is 10.4 Å². The number of hydrogen-bond donors (Lipinski definition) is 2. The van der Waals surface area contributed by atoms with Gasteiger partial charge >= 0.3 is 5.69 Å². The first-order chi connectivity index (χ1) is 11.1. The Morgan fingerprint density at radius 1 is 1.52 bits per heavy atom. The minimum atomic E-state index is -0.670. The Balaban J connectivity index is 2.25. The van der Waals surface area contributed by atoms with Crippen LogP contribution in [0, 0.1) is 0 Å². The van der Waals surface area contributed by atoms with Crippen LogP contribution >= 0.6 is 0 Å². The number of rotatable bonds is 7. The van der Waals surface area contributed by atoms with E-state index in [1.165, 1.54) is 10.8 Å². The van der Waals surface area contributed by atoms with Gasteiger partial charge in [0.1, 0.15) is 6.23 Å². The highest BCUT2D eigenvalue weighted by Crippen LogP contribution is 2.29. The van der Waals surface area contributed by atoms with Crippen LogP contribution < -0.4 is 11.2 Å². The predicted molar refractivity (Wildman–Crippen MR) is 83.1 cm³/mol. The summed E-state index contributed by atoms with van der Waals surface area (Å²) in [5, 5.41) is 12.9. The third kappa shape index (κ3) is 4.01. The first-order valence-corrected chi connectivity index (χ1v) is 7.75. The Morgan fingerprint density at radius 3 is 2.96 bits per heavy atom. The number of aromatic nitrogens is 2. The van der Waals surface area contributed by atoms with Crippen LogP contribution in [0.4, 0.5) is 0 Å². The van der Waals surface area contributed by atoms with E-state index < -0.39 is 24.1 Å². The molecule has 1 aliphatic heterocycles. The van der Waals surface area contributed by atoms with Crippen molar-refractivity contribution in [2.45, 2.75) is 57.4 Å². The zero-order valence-corrected chi connectivity index (χ0v) is 13.0. The number of H-pyrrole nitrogens is 1. The zero-order chi connectivity index (χ0) is 16.8. The summed E-state index contributed by atoms with van der Waals surface area (Å²) >= 11 is 0. The van der Waals surface area contributed by atoms with Crippen LogP contribution in [0.3, 0.4) is 0 Å². The normalized spacial score (nSPS) is 23.7. The number of hydrogen-bond acceptors (Lipinski definition) is 5. The van der Waals surface area contributed by atoms with Crippen LogP contribution in [0.15, 0.2) is 20.9 Å². The number of aliphatic hydroxyl groups excluding tert-OH is 1. The molecule has 1 aromatic rings. The maximum Gasteiger partial charge on any atom is 0.330 e. The number of aryl methyl sites for hydroxylation is 1. The molecule has 23 heavy (non-hydrogen) atoms. The van der Waals surface area contributed by atoms with Gasteiger partial charge in [0, 0.05) is 23.1 Å². The minimum absolute atomic E-state index is 0.273. The molecule has 9 heteroatoms. The molecular formula is C14H21N5O4. The van der Waals surface area contributed by atoms with Gasteiger partial charge in [-0.25, -0.2) is 4.79 Å². The van der Waals surface area contributed by atoms with Gasteiger partial charge in [0.05, 0.1) is 18.8 Å². The SMILES string of the molecule is CCCCCc1cn([C@H]2C[C@H](N=[N+]=[N-])[C@@H](CO)O2)c(=O)[nH]c1=O. The Bertz CT molecular complexity index is 691. The Kier molecular flexibility index (Phi) is 5.97. The fraction of sp³-hybridized carbons (Fsp3) is 0.714. The molecule has 1 aromatic heterocycles. The van der Waals surface area contributed by atoms with Crippen molar-refractivity contribution in [1.29, 1.82) is 0 Å². The third-order valence-electron chi connectivity index (χ3n) is 3.99. The highest BCUT2D eigenvalue weighted by Gasteiger charge is 2.35. The van der Waals surface area contributed by atoms with Gasteiger partial charge in [-0.15, -0.1) is 0 Å². The molecule has 0 aliphatic carbocycles. The lowest BCUT2D eigenvalue weighted by Gasteiger charge is -2.15. The number of aliphatic hydroxyl groups is 1. The lowest BCUT2D eigenvalue weighted by atomic mass is 10.1. The monoisotopic (exact) mass is 323 g/mol. The molecule has 0 radical (unpaired) electrons. The van der Waals surface area contributed by atoms with Crippen molar-refractivity contribution >= 4 is 0 Å². The molecule has 1 saturated heterocycles. The summed E-state index contributed by atoms with van der Waals surface area (Å²) in [6.07, 6.45) is 3.95. The standard InChI is InChI=1S/C14H21N5O4/c1-2-3-4-5-9-7-19(14(22)16-13(9)21)12-6-10(17-18-15)11(8-20)23-12/h7,10-12,20H,2-6,8H2,1H3,(H,16,21,22)/t10-,11+,12+/m0/s1. The average Bonchev–Trinajstić information content (AvgIpc) is 2.93. The minimum Gasteiger partial charge on any atom is -0.394 e. The molecule has 0 spiro atoms. The second kappa shape index (κ2) is 7.96. The van der Waals surface area contributed by atoms with E-state index in [-0.39, 0.29) is 18.6 Å². The second-order valence-corrected chi connectivity index (χ2v) is 5.60. The molecule has 2 N–H and O–H groups in total. The molecule has 1 fully saturated rings. The number of nitrogens with one attached hydrogen (secondary N) is 1. The van der Waals surface area contributed by atoms with E-state index in [0.717, 1.165) is 19.3 Å². The van der Waals surface area contributed by atoms with Gasteiger partial charge in [0.2, 0.25) is 0 Å². The van der Waals surface area contributed by atoms with Gasteiger partial charge in [-0.05, 0) is 18.4 Å². The Morgan fingerprint density at radius 2 is 2.30 bits per heavy atom. The average molecular weight is 323 g/mol. The molecule has 126 valence electrons. The van der Waals surface area contributed by atoms with Crippen LogP contribution in [0.2, 0.25) is 0 Å². The molecule has 3 atom stereocenters. The molecular weight excluding hydrogens is 302 g/mol. The number of nitrogens with zero attached hydrogens (tertiary/aromatic N) is 4. The predicted octanol–water partition coefficient (Wildman–Crippen LogP) is 1.23. The lowest BCUT2D eigenvalue weighted by molar-refractivity contribution is -0.0271. The topological polar surface area (TPSA) is 133 Å². The fourth-order valence-electron chi connectivity index (χ4n) is 2.72. The van der Waals surface area contributed by atoms with Gasteiger partial charge in [0.25, 0.3) is 5.56 Å². The van der Waals surface area contributed by atoms with Gasteiger partial charge in [-0.1, -0.05) is 24.9 Å². The first-order valence-electron chi connectivity index (χ1n) is 7.75. The first kappa shape index (κ1) is 17.3. The van der Waals surface area contributed by atoms with Gasteiger partial charge < -0.3 is 9.84 Å². The maximum atomic E-state index is 12.0. The second-order valence-electron chi connectivity index (χ2n) is 5.60. The third-order valence-corrected chi connectivity index (χ3v) is 3.99. The van der Waals surface area contributed by atoms with Crippen LogP contribution in [0.1, 0.15) is 44.4 Å². The molecule has 1 aliphatic rings. The van der Waals surface area contributed by atoms with E-state index >= 15 is 0 Å². The number of ether oxygens (including phenoxy) is 1. The fourth-order valence-corrected chi connectivity index (χ4v) is 2.72. The quantitative estimate of drug-likeness (QED) is 0.338. The molecule has 0 unspecified atom stereocenters. The summed E-state index contributed by atoms with van der Waals surface area (Å²) in [6.45, 7) is 1.77.